The second kappa shape index (κ2) is 6.74. The zero-order valence-electron chi connectivity index (χ0n) is 11.1. The number of benzene rings is 1. The zero-order chi connectivity index (χ0) is 14.5. The first kappa shape index (κ1) is 14.8. The molecule has 2 rings (SSSR count). The van der Waals surface area contributed by atoms with Gasteiger partial charge in [-0.05, 0) is 12.1 Å². The largest absolute Gasteiger partial charge is 0.395 e. The van der Waals surface area contributed by atoms with Crippen molar-refractivity contribution in [2.45, 2.75) is 0 Å². The van der Waals surface area contributed by atoms with Crippen LogP contribution in [0.3, 0.4) is 0 Å². The average Bonchev–Trinajstić information content (AvgIpc) is 2.48. The zero-order valence-corrected chi connectivity index (χ0v) is 11.9. The third-order valence-corrected chi connectivity index (χ3v) is 3.89. The SMILES string of the molecule is O=[N+]([O-])c1ccc(C(=S)N2CCN(CCO)CC2)cc1. The van der Waals surface area contributed by atoms with Gasteiger partial charge in [-0.2, -0.15) is 0 Å². The number of hydrogen-bond donors (Lipinski definition) is 1. The molecule has 0 spiro atoms. The molecule has 0 unspecified atom stereocenters. The molecule has 0 bridgehead atoms. The number of nitro benzene ring substituents is 1. The minimum Gasteiger partial charge on any atom is -0.395 e. The lowest BCUT2D eigenvalue weighted by Crippen LogP contribution is -2.49. The standard InChI is InChI=1S/C13H17N3O3S/c17-10-9-14-5-7-15(8-6-14)13(20)11-1-3-12(4-2-11)16(18)19/h1-4,17H,5-10H2. The minimum absolute atomic E-state index is 0.0734. The van der Waals surface area contributed by atoms with Crippen molar-refractivity contribution in [3.63, 3.8) is 0 Å². The molecule has 1 aromatic carbocycles. The first-order valence-corrected chi connectivity index (χ1v) is 6.89. The fourth-order valence-electron chi connectivity index (χ4n) is 2.22. The lowest BCUT2D eigenvalue weighted by Gasteiger charge is -2.35. The van der Waals surface area contributed by atoms with Gasteiger partial charge in [0.15, 0.2) is 0 Å². The maximum absolute atomic E-state index is 10.6. The fourth-order valence-corrected chi connectivity index (χ4v) is 2.54. The topological polar surface area (TPSA) is 69.9 Å². The highest BCUT2D eigenvalue weighted by Gasteiger charge is 2.19. The molecule has 0 radical (unpaired) electrons. The number of aliphatic hydroxyl groups is 1. The Labute approximate surface area is 122 Å². The normalized spacial score (nSPS) is 16.1. The van der Waals surface area contributed by atoms with E-state index in [4.69, 9.17) is 17.3 Å². The van der Waals surface area contributed by atoms with E-state index in [2.05, 4.69) is 9.80 Å². The van der Waals surface area contributed by atoms with Crippen molar-refractivity contribution < 1.29 is 10.0 Å². The Balaban J connectivity index is 1.96. The molecule has 7 heteroatoms. The Hall–Kier alpha value is -1.57. The highest BCUT2D eigenvalue weighted by molar-refractivity contribution is 7.80. The second-order valence-corrected chi connectivity index (χ2v) is 5.05. The van der Waals surface area contributed by atoms with Gasteiger partial charge in [0.05, 0.1) is 11.5 Å². The predicted octanol–water partition coefficient (Wildman–Crippen LogP) is 0.880. The predicted molar refractivity (Wildman–Crippen MR) is 79.9 cm³/mol. The van der Waals surface area contributed by atoms with Crippen molar-refractivity contribution in [3.05, 3.63) is 39.9 Å². The van der Waals surface area contributed by atoms with Gasteiger partial charge in [0.25, 0.3) is 5.69 Å². The van der Waals surface area contributed by atoms with Crippen LogP contribution >= 0.6 is 12.2 Å². The smallest absolute Gasteiger partial charge is 0.269 e. The Kier molecular flexibility index (Phi) is 4.99. The first-order valence-electron chi connectivity index (χ1n) is 6.49. The number of non-ortho nitro benzene ring substituents is 1. The summed E-state index contributed by atoms with van der Waals surface area (Å²) in [5.41, 5.74) is 0.908. The van der Waals surface area contributed by atoms with E-state index < -0.39 is 4.92 Å². The molecule has 1 saturated heterocycles. The molecule has 6 nitrogen and oxygen atoms in total. The molecule has 20 heavy (non-hydrogen) atoms. The second-order valence-electron chi connectivity index (χ2n) is 4.66. The molecule has 1 fully saturated rings. The van der Waals surface area contributed by atoms with Crippen molar-refractivity contribution >= 4 is 22.9 Å². The van der Waals surface area contributed by atoms with Crippen LogP contribution < -0.4 is 0 Å². The summed E-state index contributed by atoms with van der Waals surface area (Å²) < 4.78 is 0. The molecular weight excluding hydrogens is 278 g/mol. The van der Waals surface area contributed by atoms with E-state index in [-0.39, 0.29) is 12.3 Å². The van der Waals surface area contributed by atoms with Crippen LogP contribution in [0.4, 0.5) is 5.69 Å². The van der Waals surface area contributed by atoms with Crippen molar-refractivity contribution in [2.24, 2.45) is 0 Å². The van der Waals surface area contributed by atoms with Crippen LogP contribution in [0.25, 0.3) is 0 Å². The molecule has 1 aliphatic heterocycles. The van der Waals surface area contributed by atoms with Crippen molar-refractivity contribution in [1.82, 2.24) is 9.80 Å². The molecule has 108 valence electrons. The van der Waals surface area contributed by atoms with Gasteiger partial charge in [0.2, 0.25) is 0 Å². The monoisotopic (exact) mass is 295 g/mol. The number of β-amino-alcohol motifs (C(OH)–C–C–N with tert-alkyl or cyclic N) is 1. The number of rotatable bonds is 4. The summed E-state index contributed by atoms with van der Waals surface area (Å²) in [6.45, 7) is 4.23. The number of hydrogen-bond acceptors (Lipinski definition) is 5. The Morgan fingerprint density at radius 1 is 1.25 bits per heavy atom. The Morgan fingerprint density at radius 2 is 1.85 bits per heavy atom. The lowest BCUT2D eigenvalue weighted by atomic mass is 10.2. The molecule has 0 amide bonds. The number of nitrogens with zero attached hydrogens (tertiary/aromatic N) is 3. The van der Waals surface area contributed by atoms with E-state index in [1.165, 1.54) is 12.1 Å². The molecule has 0 aliphatic carbocycles. The van der Waals surface area contributed by atoms with Gasteiger partial charge in [-0.1, -0.05) is 12.2 Å². The third kappa shape index (κ3) is 3.50. The van der Waals surface area contributed by atoms with Crippen LogP contribution in [-0.4, -0.2) is 64.1 Å². The van der Waals surface area contributed by atoms with E-state index in [0.717, 1.165) is 36.7 Å². The number of nitro groups is 1. The quantitative estimate of drug-likeness (QED) is 0.505. The molecule has 0 aromatic heterocycles. The molecule has 0 saturated carbocycles. The van der Waals surface area contributed by atoms with E-state index in [0.29, 0.717) is 6.54 Å². The van der Waals surface area contributed by atoms with Crippen LogP contribution in [0.1, 0.15) is 5.56 Å². The summed E-state index contributed by atoms with van der Waals surface area (Å²) >= 11 is 5.44. The van der Waals surface area contributed by atoms with Crippen LogP contribution in [0.15, 0.2) is 24.3 Å². The van der Waals surface area contributed by atoms with Crippen molar-refractivity contribution in [2.75, 3.05) is 39.3 Å². The summed E-state index contributed by atoms with van der Waals surface area (Å²) in [4.78, 5) is 15.2. The Morgan fingerprint density at radius 3 is 2.35 bits per heavy atom. The maximum atomic E-state index is 10.6. The third-order valence-electron chi connectivity index (χ3n) is 3.40. The summed E-state index contributed by atoms with van der Waals surface area (Å²) in [5, 5.41) is 19.5. The van der Waals surface area contributed by atoms with Gasteiger partial charge >= 0.3 is 0 Å². The molecular formula is C13H17N3O3S. The first-order chi connectivity index (χ1) is 9.61. The van der Waals surface area contributed by atoms with Gasteiger partial charge in [0, 0.05) is 50.4 Å². The van der Waals surface area contributed by atoms with Gasteiger partial charge in [-0.15, -0.1) is 0 Å². The summed E-state index contributed by atoms with van der Waals surface area (Å²) in [6.07, 6.45) is 0. The van der Waals surface area contributed by atoms with E-state index in [1.807, 2.05) is 0 Å². The molecule has 1 N–H and O–H groups in total. The van der Waals surface area contributed by atoms with Gasteiger partial charge in [-0.25, -0.2) is 0 Å². The average molecular weight is 295 g/mol. The molecule has 0 atom stereocenters. The van der Waals surface area contributed by atoms with E-state index in [9.17, 15) is 10.1 Å². The molecule has 1 aromatic rings. The van der Waals surface area contributed by atoms with Crippen molar-refractivity contribution in [3.8, 4) is 0 Å². The summed E-state index contributed by atoms with van der Waals surface area (Å²) in [6, 6.07) is 6.34. The lowest BCUT2D eigenvalue weighted by molar-refractivity contribution is -0.384. The fraction of sp³-hybridized carbons (Fsp3) is 0.462. The van der Waals surface area contributed by atoms with Gasteiger partial charge in [-0.3, -0.25) is 15.0 Å². The van der Waals surface area contributed by atoms with Crippen LogP contribution in [0.5, 0.6) is 0 Å². The highest BCUT2D eigenvalue weighted by Crippen LogP contribution is 2.15. The number of piperazine rings is 1. The summed E-state index contributed by atoms with van der Waals surface area (Å²) in [5.74, 6) is 0. The van der Waals surface area contributed by atoms with E-state index in [1.54, 1.807) is 12.1 Å². The van der Waals surface area contributed by atoms with Gasteiger partial charge < -0.3 is 10.0 Å². The summed E-state index contributed by atoms with van der Waals surface area (Å²) in [7, 11) is 0. The van der Waals surface area contributed by atoms with Gasteiger partial charge in [0.1, 0.15) is 4.99 Å². The van der Waals surface area contributed by atoms with Crippen LogP contribution in [0, 0.1) is 10.1 Å². The minimum atomic E-state index is -0.416. The van der Waals surface area contributed by atoms with E-state index >= 15 is 0 Å². The van der Waals surface area contributed by atoms with Crippen molar-refractivity contribution in [1.29, 1.82) is 0 Å². The van der Waals surface area contributed by atoms with Crippen LogP contribution in [0.2, 0.25) is 0 Å². The molecule has 1 heterocycles. The Bertz CT molecular complexity index is 484. The highest BCUT2D eigenvalue weighted by atomic mass is 32.1. The number of thiocarbonyl (C=S) groups is 1. The van der Waals surface area contributed by atoms with Crippen LogP contribution in [-0.2, 0) is 0 Å². The maximum Gasteiger partial charge on any atom is 0.269 e. The number of aliphatic hydroxyl groups excluding tert-OH is 1. The molecule has 1 aliphatic rings.